The fourth-order valence-corrected chi connectivity index (χ4v) is 3.40. The van der Waals surface area contributed by atoms with Gasteiger partial charge in [-0.1, -0.05) is 25.1 Å². The molecule has 0 bridgehead atoms. The molecule has 0 aliphatic heterocycles. The Morgan fingerprint density at radius 3 is 2.56 bits per heavy atom. The topological polar surface area (TPSA) is 49.4 Å². The molecule has 2 fully saturated rings. The number of carbonyl (C=O) groups excluding carboxylic acids is 2. The van der Waals surface area contributed by atoms with Crippen molar-refractivity contribution in [2.45, 2.75) is 38.8 Å². The molecular weight excluding hydrogens is 343 g/mol. The molecule has 0 saturated heterocycles. The van der Waals surface area contributed by atoms with E-state index in [1.807, 2.05) is 6.07 Å². The van der Waals surface area contributed by atoms with Crippen LogP contribution in [0.2, 0.25) is 0 Å². The summed E-state index contributed by atoms with van der Waals surface area (Å²) in [5, 5.41) is 2.91. The third-order valence-electron chi connectivity index (χ3n) is 5.31. The van der Waals surface area contributed by atoms with Crippen molar-refractivity contribution in [1.29, 1.82) is 0 Å². The van der Waals surface area contributed by atoms with Crippen LogP contribution in [0.5, 0.6) is 0 Å². The summed E-state index contributed by atoms with van der Waals surface area (Å²) in [6.07, 6.45) is 2.86. The van der Waals surface area contributed by atoms with E-state index in [0.717, 1.165) is 24.8 Å². The van der Waals surface area contributed by atoms with E-state index in [-0.39, 0.29) is 29.6 Å². The van der Waals surface area contributed by atoms with Gasteiger partial charge in [0.25, 0.3) is 5.91 Å². The van der Waals surface area contributed by atoms with Crippen molar-refractivity contribution in [2.24, 2.45) is 11.8 Å². The summed E-state index contributed by atoms with van der Waals surface area (Å²) < 4.78 is 13.5. The molecular formula is C22H23FN2O2. The Morgan fingerprint density at radius 1 is 1.15 bits per heavy atom. The molecule has 2 atom stereocenters. The predicted molar refractivity (Wildman–Crippen MR) is 102 cm³/mol. The third-order valence-corrected chi connectivity index (χ3v) is 5.31. The van der Waals surface area contributed by atoms with Crippen molar-refractivity contribution < 1.29 is 14.0 Å². The first-order chi connectivity index (χ1) is 13.0. The Hall–Kier alpha value is -2.69. The summed E-state index contributed by atoms with van der Waals surface area (Å²) in [6.45, 7) is 2.45. The van der Waals surface area contributed by atoms with Crippen molar-refractivity contribution in [3.63, 3.8) is 0 Å². The van der Waals surface area contributed by atoms with E-state index >= 15 is 0 Å². The fourth-order valence-electron chi connectivity index (χ4n) is 3.40. The zero-order valence-corrected chi connectivity index (χ0v) is 15.3. The Bertz CT molecular complexity index is 878. The largest absolute Gasteiger partial charge is 0.331 e. The summed E-state index contributed by atoms with van der Waals surface area (Å²) in [4.78, 5) is 27.0. The van der Waals surface area contributed by atoms with Crippen LogP contribution in [0.15, 0.2) is 48.5 Å². The van der Waals surface area contributed by atoms with Gasteiger partial charge < -0.3 is 10.2 Å². The van der Waals surface area contributed by atoms with Gasteiger partial charge in [-0.05, 0) is 61.1 Å². The fraction of sp³-hybridized carbons (Fsp3) is 0.364. The molecule has 2 aliphatic carbocycles. The van der Waals surface area contributed by atoms with Crippen LogP contribution in [0.25, 0.3) is 0 Å². The first-order valence-electron chi connectivity index (χ1n) is 9.47. The van der Waals surface area contributed by atoms with Gasteiger partial charge in [0.05, 0.1) is 0 Å². The minimum absolute atomic E-state index is 0.0194. The van der Waals surface area contributed by atoms with Gasteiger partial charge in [0.15, 0.2) is 0 Å². The second-order valence-electron chi connectivity index (χ2n) is 7.68. The van der Waals surface area contributed by atoms with E-state index < -0.39 is 0 Å². The van der Waals surface area contributed by atoms with Crippen LogP contribution in [-0.4, -0.2) is 22.8 Å². The average molecular weight is 366 g/mol. The highest BCUT2D eigenvalue weighted by Gasteiger charge is 2.39. The van der Waals surface area contributed by atoms with Gasteiger partial charge in [0.2, 0.25) is 5.91 Å². The molecule has 27 heavy (non-hydrogen) atoms. The number of benzene rings is 2. The van der Waals surface area contributed by atoms with E-state index in [1.54, 1.807) is 35.2 Å². The highest BCUT2D eigenvalue weighted by atomic mass is 19.1. The number of carbonyl (C=O) groups is 2. The molecule has 0 spiro atoms. The van der Waals surface area contributed by atoms with Gasteiger partial charge in [-0.25, -0.2) is 4.39 Å². The molecule has 4 nitrogen and oxygen atoms in total. The molecule has 4 rings (SSSR count). The van der Waals surface area contributed by atoms with Gasteiger partial charge in [-0.15, -0.1) is 0 Å². The maximum absolute atomic E-state index is 13.5. The van der Waals surface area contributed by atoms with Crippen molar-refractivity contribution in [2.75, 3.05) is 5.32 Å². The quantitative estimate of drug-likeness (QED) is 0.832. The molecule has 5 heteroatoms. The van der Waals surface area contributed by atoms with Crippen LogP contribution < -0.4 is 5.32 Å². The molecule has 2 aromatic carbocycles. The van der Waals surface area contributed by atoms with E-state index in [4.69, 9.17) is 0 Å². The lowest BCUT2D eigenvalue weighted by Crippen LogP contribution is -2.32. The normalized spacial score (nSPS) is 20.8. The Kier molecular flexibility index (Phi) is 4.68. The zero-order chi connectivity index (χ0) is 19.0. The number of halogens is 1. The molecule has 0 radical (unpaired) electrons. The van der Waals surface area contributed by atoms with E-state index in [0.29, 0.717) is 23.7 Å². The standard InChI is InChI=1S/C22H23FN2O2/c1-14-10-20(14)21(26)24-18-7-3-5-16(12-18)22(27)25(19-8-9-19)13-15-4-2-6-17(23)11-15/h2-7,11-12,14,19-20H,8-10,13H2,1H3,(H,24,26). The second-order valence-corrected chi connectivity index (χ2v) is 7.68. The van der Waals surface area contributed by atoms with Crippen LogP contribution >= 0.6 is 0 Å². The van der Waals surface area contributed by atoms with Gasteiger partial charge in [0, 0.05) is 29.8 Å². The number of hydrogen-bond donors (Lipinski definition) is 1. The van der Waals surface area contributed by atoms with E-state index in [2.05, 4.69) is 12.2 Å². The minimum atomic E-state index is -0.297. The Labute approximate surface area is 158 Å². The van der Waals surface area contributed by atoms with Gasteiger partial charge in [-0.2, -0.15) is 0 Å². The molecule has 0 aromatic heterocycles. The smallest absolute Gasteiger partial charge is 0.254 e. The highest BCUT2D eigenvalue weighted by Crippen LogP contribution is 2.38. The maximum atomic E-state index is 13.5. The van der Waals surface area contributed by atoms with E-state index in [9.17, 15) is 14.0 Å². The lowest BCUT2D eigenvalue weighted by Gasteiger charge is -2.23. The molecule has 2 aliphatic rings. The monoisotopic (exact) mass is 366 g/mol. The number of nitrogens with zero attached hydrogens (tertiary/aromatic N) is 1. The summed E-state index contributed by atoms with van der Waals surface area (Å²) in [5.41, 5.74) is 1.97. The number of hydrogen-bond acceptors (Lipinski definition) is 2. The van der Waals surface area contributed by atoms with Crippen LogP contribution in [0.3, 0.4) is 0 Å². The van der Waals surface area contributed by atoms with Crippen molar-refractivity contribution >= 4 is 17.5 Å². The van der Waals surface area contributed by atoms with Gasteiger partial charge in [-0.3, -0.25) is 9.59 Å². The predicted octanol–water partition coefficient (Wildman–Crippen LogP) is 4.23. The summed E-state index contributed by atoms with van der Waals surface area (Å²) in [7, 11) is 0. The summed E-state index contributed by atoms with van der Waals surface area (Å²) in [5.74, 6) is 0.157. The SMILES string of the molecule is CC1CC1C(=O)Nc1cccc(C(=O)N(Cc2cccc(F)c2)C2CC2)c1. The molecule has 2 amide bonds. The zero-order valence-electron chi connectivity index (χ0n) is 15.3. The first kappa shape index (κ1) is 17.7. The molecule has 1 N–H and O–H groups in total. The number of rotatable bonds is 6. The second kappa shape index (κ2) is 7.14. The molecule has 140 valence electrons. The van der Waals surface area contributed by atoms with E-state index in [1.165, 1.54) is 12.1 Å². The minimum Gasteiger partial charge on any atom is -0.331 e. The maximum Gasteiger partial charge on any atom is 0.254 e. The van der Waals surface area contributed by atoms with Gasteiger partial charge >= 0.3 is 0 Å². The lowest BCUT2D eigenvalue weighted by atomic mass is 10.1. The lowest BCUT2D eigenvalue weighted by molar-refractivity contribution is -0.117. The van der Waals surface area contributed by atoms with Crippen LogP contribution in [0.4, 0.5) is 10.1 Å². The highest BCUT2D eigenvalue weighted by molar-refractivity contribution is 5.98. The van der Waals surface area contributed by atoms with Crippen LogP contribution in [-0.2, 0) is 11.3 Å². The number of anilines is 1. The first-order valence-corrected chi connectivity index (χ1v) is 9.47. The third kappa shape index (κ3) is 4.18. The molecule has 2 aromatic rings. The van der Waals surface area contributed by atoms with Crippen LogP contribution in [0.1, 0.15) is 42.1 Å². The summed E-state index contributed by atoms with van der Waals surface area (Å²) in [6, 6.07) is 13.6. The van der Waals surface area contributed by atoms with Crippen molar-refractivity contribution in [3.05, 3.63) is 65.5 Å². The van der Waals surface area contributed by atoms with Crippen LogP contribution in [0, 0.1) is 17.7 Å². The molecule has 2 unspecified atom stereocenters. The average Bonchev–Trinajstić information content (AvgIpc) is 3.56. The van der Waals surface area contributed by atoms with Gasteiger partial charge in [0.1, 0.15) is 5.82 Å². The number of amides is 2. The molecule has 0 heterocycles. The van der Waals surface area contributed by atoms with Crippen molar-refractivity contribution in [3.8, 4) is 0 Å². The molecule has 2 saturated carbocycles. The van der Waals surface area contributed by atoms with Crippen molar-refractivity contribution in [1.82, 2.24) is 4.90 Å². The Morgan fingerprint density at radius 2 is 1.89 bits per heavy atom. The summed E-state index contributed by atoms with van der Waals surface area (Å²) >= 11 is 0. The Balaban J connectivity index is 1.49. The number of nitrogens with one attached hydrogen (secondary N) is 1.